The minimum absolute atomic E-state index is 0.0189. The topological polar surface area (TPSA) is 104 Å². The zero-order valence-corrected chi connectivity index (χ0v) is 22.1. The maximum Gasteiger partial charge on any atom is 0.243 e. The van der Waals surface area contributed by atoms with Crippen molar-refractivity contribution >= 4 is 45.0 Å². The summed E-state index contributed by atoms with van der Waals surface area (Å²) in [5, 5.41) is 6.09. The summed E-state index contributed by atoms with van der Waals surface area (Å²) in [5.41, 5.74) is 2.00. The number of nitrogens with one attached hydrogen (secondary N) is 3. The van der Waals surface area contributed by atoms with Crippen molar-refractivity contribution in [2.24, 2.45) is 0 Å². The van der Waals surface area contributed by atoms with Gasteiger partial charge in [0.1, 0.15) is 12.1 Å². The van der Waals surface area contributed by atoms with Gasteiger partial charge in [-0.25, -0.2) is 8.42 Å². The molecular formula is C26H27Cl2N3O4S. The van der Waals surface area contributed by atoms with Gasteiger partial charge in [-0.1, -0.05) is 72.6 Å². The molecule has 0 fully saturated rings. The van der Waals surface area contributed by atoms with Gasteiger partial charge in [0.05, 0.1) is 4.90 Å². The number of rotatable bonds is 10. The molecular weight excluding hydrogens is 521 g/mol. The molecule has 0 spiro atoms. The number of sulfonamides is 1. The van der Waals surface area contributed by atoms with Crippen LogP contribution in [0.1, 0.15) is 29.7 Å². The molecule has 0 aliphatic carbocycles. The van der Waals surface area contributed by atoms with Crippen molar-refractivity contribution in [3.63, 3.8) is 0 Å². The zero-order chi connectivity index (χ0) is 26.3. The van der Waals surface area contributed by atoms with E-state index in [-0.39, 0.29) is 11.3 Å². The predicted octanol–water partition coefficient (Wildman–Crippen LogP) is 4.05. The van der Waals surface area contributed by atoms with E-state index in [1.807, 2.05) is 6.92 Å². The van der Waals surface area contributed by atoms with Crippen molar-refractivity contribution in [1.82, 2.24) is 15.4 Å². The van der Waals surface area contributed by atoms with Crippen molar-refractivity contribution in [1.29, 1.82) is 0 Å². The Hall–Kier alpha value is -2.91. The number of likely N-dealkylation sites (N-methyl/N-ethyl adjacent to an activating group) is 1. The van der Waals surface area contributed by atoms with E-state index in [0.29, 0.717) is 21.2 Å². The lowest BCUT2D eigenvalue weighted by molar-refractivity contribution is -0.129. The highest BCUT2D eigenvalue weighted by Crippen LogP contribution is 2.22. The summed E-state index contributed by atoms with van der Waals surface area (Å²) >= 11 is 12.3. The van der Waals surface area contributed by atoms with Gasteiger partial charge in [0.15, 0.2) is 0 Å². The second-order valence-corrected chi connectivity index (χ2v) is 10.6. The summed E-state index contributed by atoms with van der Waals surface area (Å²) < 4.78 is 28.8. The average molecular weight is 548 g/mol. The Morgan fingerprint density at radius 3 is 2.11 bits per heavy atom. The van der Waals surface area contributed by atoms with Gasteiger partial charge in [-0.05, 0) is 53.4 Å². The molecule has 2 unspecified atom stereocenters. The summed E-state index contributed by atoms with van der Waals surface area (Å²) in [5.74, 6) is -1.15. The second-order valence-electron chi connectivity index (χ2n) is 8.07. The molecule has 0 aromatic heterocycles. The number of carbonyl (C=O) groups is 2. The first-order chi connectivity index (χ1) is 17.1. The van der Waals surface area contributed by atoms with Crippen LogP contribution in [0.25, 0.3) is 0 Å². The van der Waals surface area contributed by atoms with E-state index in [4.69, 9.17) is 23.2 Å². The van der Waals surface area contributed by atoms with Gasteiger partial charge in [-0.15, -0.1) is 0 Å². The highest BCUT2D eigenvalue weighted by Gasteiger charge is 2.31. The van der Waals surface area contributed by atoms with E-state index in [2.05, 4.69) is 15.4 Å². The Morgan fingerprint density at radius 1 is 0.889 bits per heavy atom. The van der Waals surface area contributed by atoms with E-state index in [1.165, 1.54) is 19.2 Å². The fourth-order valence-corrected chi connectivity index (χ4v) is 5.10. The van der Waals surface area contributed by atoms with Crippen LogP contribution >= 0.6 is 23.2 Å². The SMILES string of the molecule is CCc1ccc(S(=O)(=O)NC(C(=O)NC(Cc2ccccc2Cl)C(=O)NC)c2ccc(Cl)cc2)cc1. The summed E-state index contributed by atoms with van der Waals surface area (Å²) in [7, 11) is -2.63. The normalized spacial score (nSPS) is 13.0. The molecule has 3 N–H and O–H groups in total. The van der Waals surface area contributed by atoms with Crippen LogP contribution < -0.4 is 15.4 Å². The minimum Gasteiger partial charge on any atom is -0.357 e. The molecule has 0 bridgehead atoms. The van der Waals surface area contributed by atoms with Crippen LogP contribution in [0.2, 0.25) is 10.0 Å². The van der Waals surface area contributed by atoms with Crippen molar-refractivity contribution in [3.05, 3.63) is 99.5 Å². The molecule has 2 amide bonds. The van der Waals surface area contributed by atoms with Gasteiger partial charge >= 0.3 is 0 Å². The molecule has 0 aliphatic rings. The van der Waals surface area contributed by atoms with Crippen LogP contribution in [-0.2, 0) is 32.5 Å². The number of aryl methyl sites for hydroxylation is 1. The van der Waals surface area contributed by atoms with Crippen LogP contribution in [0.15, 0.2) is 77.7 Å². The van der Waals surface area contributed by atoms with Gasteiger partial charge < -0.3 is 10.6 Å². The van der Waals surface area contributed by atoms with Crippen LogP contribution in [0.5, 0.6) is 0 Å². The molecule has 0 aliphatic heterocycles. The Labute approximate surface area is 221 Å². The maximum atomic E-state index is 13.5. The van der Waals surface area contributed by atoms with Crippen LogP contribution in [-0.4, -0.2) is 33.3 Å². The van der Waals surface area contributed by atoms with E-state index < -0.39 is 33.9 Å². The summed E-state index contributed by atoms with van der Waals surface area (Å²) in [6, 6.07) is 17.3. The first-order valence-electron chi connectivity index (χ1n) is 11.3. The number of halogens is 2. The lowest BCUT2D eigenvalue weighted by Crippen LogP contribution is -2.51. The third-order valence-electron chi connectivity index (χ3n) is 5.64. The number of amides is 2. The number of hydrogen-bond donors (Lipinski definition) is 3. The number of benzene rings is 3. The Morgan fingerprint density at radius 2 is 1.53 bits per heavy atom. The molecule has 0 saturated carbocycles. The first-order valence-corrected chi connectivity index (χ1v) is 13.5. The Balaban J connectivity index is 1.92. The highest BCUT2D eigenvalue weighted by atomic mass is 35.5. The van der Waals surface area contributed by atoms with Crippen LogP contribution in [0.4, 0.5) is 0 Å². The number of hydrogen-bond acceptors (Lipinski definition) is 4. The van der Waals surface area contributed by atoms with Crippen molar-refractivity contribution < 1.29 is 18.0 Å². The highest BCUT2D eigenvalue weighted by molar-refractivity contribution is 7.89. The zero-order valence-electron chi connectivity index (χ0n) is 19.8. The van der Waals surface area contributed by atoms with Crippen molar-refractivity contribution in [2.45, 2.75) is 36.7 Å². The Kier molecular flexibility index (Phi) is 9.50. The van der Waals surface area contributed by atoms with Crippen molar-refractivity contribution in [3.8, 4) is 0 Å². The maximum absolute atomic E-state index is 13.5. The fourth-order valence-electron chi connectivity index (χ4n) is 3.58. The Bertz CT molecular complexity index is 1310. The largest absolute Gasteiger partial charge is 0.357 e. The van der Waals surface area contributed by atoms with E-state index in [9.17, 15) is 18.0 Å². The van der Waals surface area contributed by atoms with Gasteiger partial charge in [-0.2, -0.15) is 4.72 Å². The smallest absolute Gasteiger partial charge is 0.243 e. The standard InChI is InChI=1S/C26H27Cl2N3O4S/c1-3-17-8-14-21(15-9-17)36(34,35)31-24(18-10-12-20(27)13-11-18)26(33)30-23(25(32)29-2)16-19-6-4-5-7-22(19)28/h4-15,23-24,31H,3,16H2,1-2H3,(H,29,32)(H,30,33). The summed E-state index contributed by atoms with van der Waals surface area (Å²) in [6.45, 7) is 1.97. The third kappa shape index (κ3) is 7.07. The van der Waals surface area contributed by atoms with E-state index >= 15 is 0 Å². The second kappa shape index (κ2) is 12.4. The molecule has 3 aromatic carbocycles. The third-order valence-corrected chi connectivity index (χ3v) is 7.70. The molecule has 0 heterocycles. The lowest BCUT2D eigenvalue weighted by Gasteiger charge is -2.23. The molecule has 36 heavy (non-hydrogen) atoms. The quantitative estimate of drug-likeness (QED) is 0.356. The monoisotopic (exact) mass is 547 g/mol. The van der Waals surface area contributed by atoms with E-state index in [0.717, 1.165) is 12.0 Å². The average Bonchev–Trinajstić information content (AvgIpc) is 2.88. The molecule has 190 valence electrons. The van der Waals surface area contributed by atoms with Gasteiger partial charge in [-0.3, -0.25) is 9.59 Å². The van der Waals surface area contributed by atoms with Crippen molar-refractivity contribution in [2.75, 3.05) is 7.05 Å². The molecule has 10 heteroatoms. The lowest BCUT2D eigenvalue weighted by atomic mass is 10.0. The predicted molar refractivity (Wildman–Crippen MR) is 141 cm³/mol. The van der Waals surface area contributed by atoms with Gasteiger partial charge in [0, 0.05) is 23.5 Å². The molecule has 0 saturated heterocycles. The molecule has 0 radical (unpaired) electrons. The van der Waals surface area contributed by atoms with E-state index in [1.54, 1.807) is 60.7 Å². The molecule has 2 atom stereocenters. The van der Waals surface area contributed by atoms with Gasteiger partial charge in [0.25, 0.3) is 0 Å². The summed E-state index contributed by atoms with van der Waals surface area (Å²) in [6.07, 6.45) is 0.875. The minimum atomic E-state index is -4.08. The first kappa shape index (κ1) is 27.7. The number of carbonyl (C=O) groups excluding carboxylic acids is 2. The molecule has 3 rings (SSSR count). The summed E-state index contributed by atoms with van der Waals surface area (Å²) in [4.78, 5) is 26.1. The van der Waals surface area contributed by atoms with Crippen LogP contribution in [0, 0.1) is 0 Å². The fraction of sp³-hybridized carbons (Fsp3) is 0.231. The molecule has 7 nitrogen and oxygen atoms in total. The molecule has 3 aromatic rings. The van der Waals surface area contributed by atoms with Gasteiger partial charge in [0.2, 0.25) is 21.8 Å². The van der Waals surface area contributed by atoms with Crippen LogP contribution in [0.3, 0.4) is 0 Å².